The lowest BCUT2D eigenvalue weighted by atomic mass is 10.0. The molecule has 4 nitrogen and oxygen atoms in total. The van der Waals surface area contributed by atoms with Gasteiger partial charge in [0, 0.05) is 24.4 Å². The van der Waals surface area contributed by atoms with Crippen LogP contribution in [0.3, 0.4) is 0 Å². The van der Waals surface area contributed by atoms with E-state index in [4.69, 9.17) is 15.2 Å². The van der Waals surface area contributed by atoms with Gasteiger partial charge in [-0.2, -0.15) is 0 Å². The van der Waals surface area contributed by atoms with Gasteiger partial charge in [0.15, 0.2) is 11.5 Å². The Bertz CT molecular complexity index is 543. The Morgan fingerprint density at radius 2 is 1.85 bits per heavy atom. The highest BCUT2D eigenvalue weighted by molar-refractivity contribution is 5.43. The van der Waals surface area contributed by atoms with Crippen LogP contribution in [0.2, 0.25) is 0 Å². The van der Waals surface area contributed by atoms with Crippen molar-refractivity contribution in [3.8, 4) is 11.5 Å². The van der Waals surface area contributed by atoms with E-state index in [-0.39, 0.29) is 6.04 Å². The van der Waals surface area contributed by atoms with E-state index in [0.717, 1.165) is 35.6 Å². The molecule has 0 aliphatic rings. The summed E-state index contributed by atoms with van der Waals surface area (Å²) in [6, 6.07) is 11.8. The number of methoxy groups -OCH3 is 2. The van der Waals surface area contributed by atoms with Crippen molar-refractivity contribution >= 4 is 0 Å². The third kappa shape index (κ3) is 3.71. The van der Waals surface area contributed by atoms with E-state index in [1.807, 2.05) is 36.4 Å². The van der Waals surface area contributed by atoms with Crippen LogP contribution in [0.25, 0.3) is 0 Å². The van der Waals surface area contributed by atoms with Crippen LogP contribution in [0.5, 0.6) is 11.5 Å². The second-order valence-corrected chi connectivity index (χ2v) is 4.68. The highest BCUT2D eigenvalue weighted by atomic mass is 16.5. The highest BCUT2D eigenvalue weighted by Gasteiger charge is 2.09. The summed E-state index contributed by atoms with van der Waals surface area (Å²) in [5.74, 6) is 1.46. The summed E-state index contributed by atoms with van der Waals surface area (Å²) in [5, 5.41) is 0. The van der Waals surface area contributed by atoms with E-state index in [2.05, 4.69) is 4.98 Å². The molecule has 1 heterocycles. The standard InChI is InChI=1S/C16H20N2O2/c1-19-15-7-6-12(10-16(15)20-2)9-13(17)11-14-5-3-4-8-18-14/h3-8,10,13H,9,11,17H2,1-2H3. The number of hydrogen-bond acceptors (Lipinski definition) is 4. The summed E-state index contributed by atoms with van der Waals surface area (Å²) in [4.78, 5) is 4.30. The second-order valence-electron chi connectivity index (χ2n) is 4.68. The summed E-state index contributed by atoms with van der Waals surface area (Å²) in [6.45, 7) is 0. The van der Waals surface area contributed by atoms with Crippen molar-refractivity contribution in [1.29, 1.82) is 0 Å². The molecule has 1 atom stereocenters. The highest BCUT2D eigenvalue weighted by Crippen LogP contribution is 2.28. The molecule has 20 heavy (non-hydrogen) atoms. The van der Waals surface area contributed by atoms with E-state index in [0.29, 0.717) is 0 Å². The molecule has 2 rings (SSSR count). The van der Waals surface area contributed by atoms with E-state index in [1.54, 1.807) is 20.4 Å². The van der Waals surface area contributed by atoms with Crippen molar-refractivity contribution < 1.29 is 9.47 Å². The third-order valence-electron chi connectivity index (χ3n) is 3.14. The molecule has 1 unspecified atom stereocenters. The van der Waals surface area contributed by atoms with E-state index < -0.39 is 0 Å². The minimum Gasteiger partial charge on any atom is -0.493 e. The zero-order valence-corrected chi connectivity index (χ0v) is 11.9. The van der Waals surface area contributed by atoms with Gasteiger partial charge in [0.2, 0.25) is 0 Å². The monoisotopic (exact) mass is 272 g/mol. The van der Waals surface area contributed by atoms with Crippen LogP contribution in [0.4, 0.5) is 0 Å². The number of pyridine rings is 1. The number of aromatic nitrogens is 1. The molecule has 2 N–H and O–H groups in total. The molecule has 0 fully saturated rings. The molecule has 4 heteroatoms. The first-order chi connectivity index (χ1) is 9.72. The molecular formula is C16H20N2O2. The van der Waals surface area contributed by atoms with Crippen molar-refractivity contribution in [3.63, 3.8) is 0 Å². The van der Waals surface area contributed by atoms with Gasteiger partial charge >= 0.3 is 0 Å². The Morgan fingerprint density at radius 1 is 1.05 bits per heavy atom. The molecule has 1 aromatic carbocycles. The van der Waals surface area contributed by atoms with Crippen LogP contribution >= 0.6 is 0 Å². The second kappa shape index (κ2) is 6.91. The largest absolute Gasteiger partial charge is 0.493 e. The Morgan fingerprint density at radius 3 is 2.50 bits per heavy atom. The molecule has 0 radical (unpaired) electrons. The van der Waals surface area contributed by atoms with Crippen LogP contribution in [0, 0.1) is 0 Å². The van der Waals surface area contributed by atoms with E-state index in [1.165, 1.54) is 0 Å². The quantitative estimate of drug-likeness (QED) is 0.876. The fraction of sp³-hybridized carbons (Fsp3) is 0.312. The lowest BCUT2D eigenvalue weighted by Gasteiger charge is -2.13. The summed E-state index contributed by atoms with van der Waals surface area (Å²) in [6.07, 6.45) is 3.32. The molecule has 0 aliphatic carbocycles. The van der Waals surface area contributed by atoms with Gasteiger partial charge in [-0.15, -0.1) is 0 Å². The number of benzene rings is 1. The molecule has 0 saturated heterocycles. The van der Waals surface area contributed by atoms with Crippen LogP contribution in [-0.2, 0) is 12.8 Å². The van der Waals surface area contributed by atoms with Crippen molar-refractivity contribution in [2.45, 2.75) is 18.9 Å². The molecule has 0 bridgehead atoms. The first kappa shape index (κ1) is 14.3. The lowest BCUT2D eigenvalue weighted by molar-refractivity contribution is 0.354. The Kier molecular flexibility index (Phi) is 4.96. The third-order valence-corrected chi connectivity index (χ3v) is 3.14. The van der Waals surface area contributed by atoms with Gasteiger partial charge in [0.25, 0.3) is 0 Å². The van der Waals surface area contributed by atoms with Crippen molar-refractivity contribution in [3.05, 3.63) is 53.9 Å². The lowest BCUT2D eigenvalue weighted by Crippen LogP contribution is -2.25. The normalized spacial score (nSPS) is 11.9. The van der Waals surface area contributed by atoms with Crippen LogP contribution in [0.15, 0.2) is 42.6 Å². The predicted octanol–water partition coefficient (Wildman–Crippen LogP) is 2.21. The van der Waals surface area contributed by atoms with Gasteiger partial charge in [-0.3, -0.25) is 4.98 Å². The minimum atomic E-state index is 0.0306. The van der Waals surface area contributed by atoms with Crippen LogP contribution in [-0.4, -0.2) is 25.2 Å². The Balaban J connectivity index is 2.02. The van der Waals surface area contributed by atoms with Gasteiger partial charge in [-0.25, -0.2) is 0 Å². The Labute approximate surface area is 119 Å². The maximum atomic E-state index is 6.19. The molecule has 106 valence electrons. The van der Waals surface area contributed by atoms with Gasteiger partial charge in [0.1, 0.15) is 0 Å². The summed E-state index contributed by atoms with van der Waals surface area (Å²) in [5.41, 5.74) is 8.33. The minimum absolute atomic E-state index is 0.0306. The average molecular weight is 272 g/mol. The van der Waals surface area contributed by atoms with Crippen molar-refractivity contribution in [2.24, 2.45) is 5.73 Å². The first-order valence-electron chi connectivity index (χ1n) is 6.59. The topological polar surface area (TPSA) is 57.4 Å². The first-order valence-corrected chi connectivity index (χ1v) is 6.59. The van der Waals surface area contributed by atoms with E-state index in [9.17, 15) is 0 Å². The van der Waals surface area contributed by atoms with Crippen molar-refractivity contribution in [1.82, 2.24) is 4.98 Å². The number of ether oxygens (including phenoxy) is 2. The molecule has 0 saturated carbocycles. The molecule has 1 aromatic heterocycles. The van der Waals surface area contributed by atoms with Gasteiger partial charge in [-0.05, 0) is 36.2 Å². The zero-order valence-electron chi connectivity index (χ0n) is 11.9. The zero-order chi connectivity index (χ0) is 14.4. The Hall–Kier alpha value is -2.07. The average Bonchev–Trinajstić information content (AvgIpc) is 2.48. The summed E-state index contributed by atoms with van der Waals surface area (Å²) in [7, 11) is 3.26. The summed E-state index contributed by atoms with van der Waals surface area (Å²) >= 11 is 0. The van der Waals surface area contributed by atoms with Gasteiger partial charge in [0.05, 0.1) is 14.2 Å². The SMILES string of the molecule is COc1ccc(CC(N)Cc2ccccn2)cc1OC. The maximum Gasteiger partial charge on any atom is 0.160 e. The van der Waals surface area contributed by atoms with Crippen LogP contribution in [0.1, 0.15) is 11.3 Å². The molecule has 0 aliphatic heterocycles. The fourth-order valence-corrected chi connectivity index (χ4v) is 2.17. The van der Waals surface area contributed by atoms with Crippen molar-refractivity contribution in [2.75, 3.05) is 14.2 Å². The maximum absolute atomic E-state index is 6.19. The predicted molar refractivity (Wildman–Crippen MR) is 79.2 cm³/mol. The number of nitrogens with zero attached hydrogens (tertiary/aromatic N) is 1. The number of hydrogen-bond donors (Lipinski definition) is 1. The number of rotatable bonds is 6. The fourth-order valence-electron chi connectivity index (χ4n) is 2.17. The van der Waals surface area contributed by atoms with Gasteiger partial charge in [-0.1, -0.05) is 12.1 Å². The van der Waals surface area contributed by atoms with Crippen LogP contribution < -0.4 is 15.2 Å². The number of nitrogens with two attached hydrogens (primary N) is 1. The summed E-state index contributed by atoms with van der Waals surface area (Å²) < 4.78 is 10.5. The molecule has 0 amide bonds. The molecular weight excluding hydrogens is 252 g/mol. The smallest absolute Gasteiger partial charge is 0.160 e. The van der Waals surface area contributed by atoms with E-state index >= 15 is 0 Å². The van der Waals surface area contributed by atoms with Gasteiger partial charge < -0.3 is 15.2 Å². The molecule has 0 spiro atoms. The molecule has 2 aromatic rings.